The number of ketones is 2. The van der Waals surface area contributed by atoms with Crippen LogP contribution in [-0.2, 0) is 14.4 Å². The molecule has 1 aliphatic carbocycles. The van der Waals surface area contributed by atoms with Gasteiger partial charge in [0.15, 0.2) is 17.2 Å². The number of rotatable bonds is 3. The quantitative estimate of drug-likeness (QED) is 0.603. The van der Waals surface area contributed by atoms with Crippen LogP contribution >= 0.6 is 0 Å². The van der Waals surface area contributed by atoms with Crippen LogP contribution in [0.5, 0.6) is 5.75 Å². The molecule has 1 aliphatic heterocycles. The third kappa shape index (κ3) is 3.59. The molecule has 33 heavy (non-hydrogen) atoms. The van der Waals surface area contributed by atoms with Crippen molar-refractivity contribution < 1.29 is 19.2 Å². The Kier molecular flexibility index (Phi) is 5.52. The van der Waals surface area contributed by atoms with Crippen molar-refractivity contribution in [3.8, 4) is 5.75 Å². The Morgan fingerprint density at radius 2 is 1.52 bits per heavy atom. The summed E-state index contributed by atoms with van der Waals surface area (Å²) in [6.07, 6.45) is 1.53. The molecule has 0 radical (unpaired) electrons. The Morgan fingerprint density at radius 3 is 2.03 bits per heavy atom. The maximum atomic E-state index is 14.2. The van der Waals surface area contributed by atoms with Crippen molar-refractivity contribution in [1.29, 1.82) is 0 Å². The number of hydroxylamine groups is 1. The second kappa shape index (κ2) is 7.84. The lowest BCUT2D eigenvalue weighted by atomic mass is 9.58. The van der Waals surface area contributed by atoms with E-state index in [4.69, 9.17) is 9.57 Å². The van der Waals surface area contributed by atoms with E-state index in [9.17, 15) is 9.59 Å². The molecule has 0 saturated carbocycles. The van der Waals surface area contributed by atoms with Crippen LogP contribution in [0.1, 0.15) is 53.1 Å². The molecule has 0 amide bonds. The number of allylic oxidation sites excluding steroid dienone is 1. The lowest BCUT2D eigenvalue weighted by molar-refractivity contribution is -0.162. The Morgan fingerprint density at radius 1 is 0.909 bits per heavy atom. The van der Waals surface area contributed by atoms with Gasteiger partial charge in [-0.15, -0.1) is 0 Å². The molecule has 4 rings (SSSR count). The molecule has 5 heteroatoms. The number of hydrogen-bond donors (Lipinski definition) is 0. The third-order valence-electron chi connectivity index (χ3n) is 6.83. The third-order valence-corrected chi connectivity index (χ3v) is 6.83. The van der Waals surface area contributed by atoms with E-state index in [1.54, 1.807) is 12.2 Å². The summed E-state index contributed by atoms with van der Waals surface area (Å²) < 4.78 is 5.32. The molecule has 1 saturated heterocycles. The molecular formula is C28H33NO4. The van der Waals surface area contributed by atoms with Crippen molar-refractivity contribution in [2.45, 2.75) is 53.2 Å². The number of methoxy groups -OCH3 is 1. The topological polar surface area (TPSA) is 55.8 Å². The normalized spacial score (nSPS) is 25.7. The fourth-order valence-electron chi connectivity index (χ4n) is 5.11. The molecule has 3 atom stereocenters. The predicted molar refractivity (Wildman–Crippen MR) is 129 cm³/mol. The van der Waals surface area contributed by atoms with E-state index in [1.807, 2.05) is 96.1 Å². The highest BCUT2D eigenvalue weighted by molar-refractivity contribution is 6.16. The Balaban J connectivity index is 1.97. The van der Waals surface area contributed by atoms with Gasteiger partial charge in [-0.25, -0.2) is 5.06 Å². The SMILES string of the molecule is COc1ccc(N2OC3(C(C)(C)C)C(=O)C=C(C(C)(C)C)C(=O)C3C2c2ccccc2)cc1. The Bertz CT molecular complexity index is 1090. The van der Waals surface area contributed by atoms with Crippen LogP contribution in [0.15, 0.2) is 66.2 Å². The summed E-state index contributed by atoms with van der Waals surface area (Å²) in [7, 11) is 1.62. The number of carbonyl (C=O) groups excluding carboxylic acids is 2. The molecule has 2 aromatic carbocycles. The standard InChI is InChI=1S/C28H33NO4/c1-26(2,3)21-17-22(30)28(27(4,5)6)23(25(21)31)24(18-11-9-8-10-12-18)29(33-28)19-13-15-20(32-7)16-14-19/h8-17,23-24H,1-7H3. The molecule has 3 unspecified atom stereocenters. The van der Waals surface area contributed by atoms with Crippen molar-refractivity contribution in [2.75, 3.05) is 12.2 Å². The number of ether oxygens (including phenoxy) is 1. The van der Waals surface area contributed by atoms with E-state index in [0.717, 1.165) is 17.0 Å². The van der Waals surface area contributed by atoms with Gasteiger partial charge < -0.3 is 4.74 Å². The van der Waals surface area contributed by atoms with Crippen molar-refractivity contribution in [3.05, 3.63) is 71.8 Å². The van der Waals surface area contributed by atoms with Gasteiger partial charge in [-0.2, -0.15) is 0 Å². The summed E-state index contributed by atoms with van der Waals surface area (Å²) >= 11 is 0. The summed E-state index contributed by atoms with van der Waals surface area (Å²) in [5.41, 5.74) is -0.150. The first-order valence-corrected chi connectivity index (χ1v) is 11.4. The van der Waals surface area contributed by atoms with Gasteiger partial charge in [-0.1, -0.05) is 71.9 Å². The molecule has 2 aromatic rings. The zero-order valence-corrected chi connectivity index (χ0v) is 20.5. The van der Waals surface area contributed by atoms with Gasteiger partial charge in [0.05, 0.1) is 24.8 Å². The molecule has 1 heterocycles. The molecular weight excluding hydrogens is 414 g/mol. The summed E-state index contributed by atoms with van der Waals surface area (Å²) in [5.74, 6) is -0.141. The first-order chi connectivity index (χ1) is 15.4. The molecule has 174 valence electrons. The van der Waals surface area contributed by atoms with Gasteiger partial charge in [0.25, 0.3) is 0 Å². The number of fused-ring (bicyclic) bond motifs is 1. The summed E-state index contributed by atoms with van der Waals surface area (Å²) in [4.78, 5) is 34.7. The van der Waals surface area contributed by atoms with Gasteiger partial charge in [0.2, 0.25) is 0 Å². The van der Waals surface area contributed by atoms with Crippen LogP contribution < -0.4 is 9.80 Å². The minimum atomic E-state index is -1.32. The summed E-state index contributed by atoms with van der Waals surface area (Å²) in [6, 6.07) is 16.9. The van der Waals surface area contributed by atoms with Crippen LogP contribution in [0.2, 0.25) is 0 Å². The van der Waals surface area contributed by atoms with Gasteiger partial charge in [-0.3, -0.25) is 14.4 Å². The van der Waals surface area contributed by atoms with Crippen molar-refractivity contribution >= 4 is 17.3 Å². The molecule has 0 spiro atoms. The minimum absolute atomic E-state index is 0.0260. The van der Waals surface area contributed by atoms with Gasteiger partial charge in [-0.05, 0) is 41.3 Å². The molecule has 0 N–H and O–H groups in total. The van der Waals surface area contributed by atoms with Crippen molar-refractivity contribution in [1.82, 2.24) is 0 Å². The lowest BCUT2D eigenvalue weighted by Crippen LogP contribution is -2.59. The smallest absolute Gasteiger partial charge is 0.192 e. The van der Waals surface area contributed by atoms with Crippen LogP contribution in [0.3, 0.4) is 0 Å². The van der Waals surface area contributed by atoms with Crippen LogP contribution in [0.4, 0.5) is 5.69 Å². The maximum Gasteiger partial charge on any atom is 0.192 e. The average molecular weight is 448 g/mol. The van der Waals surface area contributed by atoms with Crippen molar-refractivity contribution in [2.24, 2.45) is 16.7 Å². The summed E-state index contributed by atoms with van der Waals surface area (Å²) in [5, 5.41) is 1.76. The molecule has 5 nitrogen and oxygen atoms in total. The van der Waals surface area contributed by atoms with E-state index in [-0.39, 0.29) is 11.6 Å². The second-order valence-electron chi connectivity index (χ2n) is 11.0. The average Bonchev–Trinajstić information content (AvgIpc) is 3.14. The van der Waals surface area contributed by atoms with Crippen molar-refractivity contribution in [3.63, 3.8) is 0 Å². The monoisotopic (exact) mass is 447 g/mol. The molecule has 2 aliphatic rings. The van der Waals surface area contributed by atoms with Crippen LogP contribution in [0, 0.1) is 16.7 Å². The minimum Gasteiger partial charge on any atom is -0.497 e. The fourth-order valence-corrected chi connectivity index (χ4v) is 5.11. The number of nitrogens with zero attached hydrogens (tertiary/aromatic N) is 1. The van der Waals surface area contributed by atoms with E-state index < -0.39 is 28.4 Å². The second-order valence-corrected chi connectivity index (χ2v) is 11.0. The van der Waals surface area contributed by atoms with E-state index in [1.165, 1.54) is 6.08 Å². The first-order valence-electron chi connectivity index (χ1n) is 11.4. The largest absolute Gasteiger partial charge is 0.497 e. The number of anilines is 1. The molecule has 0 aromatic heterocycles. The van der Waals surface area contributed by atoms with E-state index >= 15 is 0 Å². The molecule has 0 bridgehead atoms. The van der Waals surface area contributed by atoms with Crippen LogP contribution in [-0.4, -0.2) is 24.3 Å². The van der Waals surface area contributed by atoms with Gasteiger partial charge in [0, 0.05) is 11.0 Å². The molecule has 1 fully saturated rings. The number of hydrogen-bond acceptors (Lipinski definition) is 5. The zero-order valence-electron chi connectivity index (χ0n) is 20.5. The highest BCUT2D eigenvalue weighted by Crippen LogP contribution is 2.58. The number of Topliss-reactive ketones (excluding diaryl/α,β-unsaturated/α-hetero) is 1. The lowest BCUT2D eigenvalue weighted by Gasteiger charge is -2.45. The predicted octanol–water partition coefficient (Wildman–Crippen LogP) is 5.71. The number of carbonyl (C=O) groups is 2. The zero-order chi connectivity index (χ0) is 24.2. The van der Waals surface area contributed by atoms with E-state index in [2.05, 4.69) is 0 Å². The van der Waals surface area contributed by atoms with E-state index in [0.29, 0.717) is 5.57 Å². The van der Waals surface area contributed by atoms with Gasteiger partial charge in [0.1, 0.15) is 5.75 Å². The first kappa shape index (κ1) is 23.2. The Hall–Kier alpha value is -2.92. The summed E-state index contributed by atoms with van der Waals surface area (Å²) in [6.45, 7) is 11.8. The number of benzene rings is 2. The highest BCUT2D eigenvalue weighted by Gasteiger charge is 2.69. The highest BCUT2D eigenvalue weighted by atomic mass is 16.7. The maximum absolute atomic E-state index is 14.2. The van der Waals surface area contributed by atoms with Crippen LogP contribution in [0.25, 0.3) is 0 Å². The Labute approximate surface area is 196 Å². The van der Waals surface area contributed by atoms with Gasteiger partial charge >= 0.3 is 0 Å². The fraction of sp³-hybridized carbons (Fsp3) is 0.429.